The Morgan fingerprint density at radius 2 is 1.84 bits per heavy atom. The molecule has 160 valence electrons. The lowest BCUT2D eigenvalue weighted by Crippen LogP contribution is -3.00. The first-order chi connectivity index (χ1) is 14.6. The number of hydrogen-bond donors (Lipinski definition) is 2. The second kappa shape index (κ2) is 9.78. The molecule has 0 bridgehead atoms. The average molecular weight is 531 g/mol. The predicted molar refractivity (Wildman–Crippen MR) is 111 cm³/mol. The van der Waals surface area contributed by atoms with Gasteiger partial charge in [-0.25, -0.2) is 0 Å². The summed E-state index contributed by atoms with van der Waals surface area (Å²) in [7, 11) is 0. The smallest absolute Gasteiger partial charge is 0.294 e. The Kier molecular flexibility index (Phi) is 7.11. The van der Waals surface area contributed by atoms with Gasteiger partial charge >= 0.3 is 0 Å². The van der Waals surface area contributed by atoms with Crippen molar-refractivity contribution in [1.29, 1.82) is 0 Å². The second-order valence-electron chi connectivity index (χ2n) is 6.86. The Morgan fingerprint density at radius 3 is 2.55 bits per heavy atom. The van der Waals surface area contributed by atoms with E-state index >= 15 is 0 Å². The van der Waals surface area contributed by atoms with Gasteiger partial charge < -0.3 is 39.1 Å². The van der Waals surface area contributed by atoms with Crippen LogP contribution in [0.1, 0.15) is 18.7 Å². The molecule has 0 saturated carbocycles. The van der Waals surface area contributed by atoms with Gasteiger partial charge in [0, 0.05) is 17.8 Å². The molecule has 0 spiro atoms. The third-order valence-electron chi connectivity index (χ3n) is 4.91. The highest BCUT2D eigenvalue weighted by molar-refractivity contribution is 6.06. The van der Waals surface area contributed by atoms with E-state index in [2.05, 4.69) is 5.32 Å². The normalized spacial score (nSPS) is 14.9. The number of halogens is 1. The van der Waals surface area contributed by atoms with Gasteiger partial charge in [-0.15, -0.1) is 0 Å². The zero-order valence-corrected chi connectivity index (χ0v) is 19.0. The lowest BCUT2D eigenvalue weighted by molar-refractivity contribution is -0.695. The fourth-order valence-electron chi connectivity index (χ4n) is 3.58. The van der Waals surface area contributed by atoms with E-state index in [1.807, 2.05) is 25.1 Å². The molecule has 1 aliphatic heterocycles. The van der Waals surface area contributed by atoms with Crippen LogP contribution in [0.15, 0.2) is 72.9 Å². The van der Waals surface area contributed by atoms with Crippen LogP contribution in [0.3, 0.4) is 0 Å². The summed E-state index contributed by atoms with van der Waals surface area (Å²) < 4.78 is 7.19. The van der Waals surface area contributed by atoms with Crippen LogP contribution in [-0.2, 0) is 16.1 Å². The molecule has 8 heteroatoms. The van der Waals surface area contributed by atoms with Crippen LogP contribution in [0.2, 0.25) is 0 Å². The minimum atomic E-state index is -0.938. The van der Waals surface area contributed by atoms with Crippen molar-refractivity contribution in [2.75, 3.05) is 16.8 Å². The number of nitrogens with one attached hydrogen (secondary N) is 1. The Hall–Kier alpha value is -3.14. The third-order valence-corrected chi connectivity index (χ3v) is 4.91. The lowest BCUT2D eigenvalue weighted by Gasteiger charge is -2.32. The van der Waals surface area contributed by atoms with Crippen molar-refractivity contribution < 1.29 is 48.0 Å². The van der Waals surface area contributed by atoms with Crippen LogP contribution in [0, 0.1) is 0 Å². The molecule has 0 radical (unpaired) electrons. The van der Waals surface area contributed by atoms with Crippen LogP contribution in [0.5, 0.6) is 11.5 Å². The van der Waals surface area contributed by atoms with Crippen molar-refractivity contribution in [2.45, 2.75) is 19.5 Å². The van der Waals surface area contributed by atoms with Gasteiger partial charge in [0.1, 0.15) is 11.5 Å². The number of ether oxygens (including phenoxy) is 1. The molecule has 2 heterocycles. The number of aromatic hydroxyl groups is 1. The third kappa shape index (κ3) is 4.63. The van der Waals surface area contributed by atoms with Crippen molar-refractivity contribution >= 4 is 23.2 Å². The van der Waals surface area contributed by atoms with Crippen molar-refractivity contribution in [3.63, 3.8) is 0 Å². The highest BCUT2D eigenvalue weighted by Gasteiger charge is 2.44. The zero-order valence-electron chi connectivity index (χ0n) is 16.9. The van der Waals surface area contributed by atoms with Crippen molar-refractivity contribution in [1.82, 2.24) is 0 Å². The SMILES string of the molecule is CCOc1ccc(NC(=O)C2c3cccc[n+]3CC(=O)N2c2ccccc2O)cc1.[I-]. The van der Waals surface area contributed by atoms with Gasteiger partial charge in [0.25, 0.3) is 11.8 Å². The number of phenols is 1. The van der Waals surface area contributed by atoms with Gasteiger partial charge in [0.05, 0.1) is 12.3 Å². The number of amides is 2. The van der Waals surface area contributed by atoms with Gasteiger partial charge in [0.15, 0.2) is 6.20 Å². The van der Waals surface area contributed by atoms with E-state index in [0.717, 1.165) is 0 Å². The van der Waals surface area contributed by atoms with Crippen molar-refractivity contribution in [3.05, 3.63) is 78.6 Å². The fraction of sp³-hybridized carbons (Fsp3) is 0.174. The minimum Gasteiger partial charge on any atom is -1.00 e. The summed E-state index contributed by atoms with van der Waals surface area (Å²) in [4.78, 5) is 27.7. The maximum Gasteiger partial charge on any atom is 0.294 e. The molecule has 1 aliphatic rings. The highest BCUT2D eigenvalue weighted by atomic mass is 127. The van der Waals surface area contributed by atoms with Gasteiger partial charge in [-0.2, -0.15) is 4.57 Å². The number of para-hydroxylation sites is 2. The predicted octanol–water partition coefficient (Wildman–Crippen LogP) is -0.191. The summed E-state index contributed by atoms with van der Waals surface area (Å²) in [5.41, 5.74) is 1.54. The van der Waals surface area contributed by atoms with Crippen LogP contribution in [-0.4, -0.2) is 23.5 Å². The first-order valence-electron chi connectivity index (χ1n) is 9.70. The Bertz CT molecular complexity index is 1090. The van der Waals surface area contributed by atoms with E-state index in [0.29, 0.717) is 29.4 Å². The molecule has 31 heavy (non-hydrogen) atoms. The first kappa shape index (κ1) is 22.5. The number of rotatable bonds is 5. The summed E-state index contributed by atoms with van der Waals surface area (Å²) in [6.45, 7) is 2.54. The summed E-state index contributed by atoms with van der Waals surface area (Å²) in [5.74, 6) is -0.0170. The summed E-state index contributed by atoms with van der Waals surface area (Å²) >= 11 is 0. The molecule has 1 atom stereocenters. The number of anilines is 2. The highest BCUT2D eigenvalue weighted by Crippen LogP contribution is 2.35. The molecule has 4 rings (SSSR count). The molecular weight excluding hydrogens is 509 g/mol. The molecule has 1 unspecified atom stereocenters. The van der Waals surface area contributed by atoms with Gasteiger partial charge in [-0.1, -0.05) is 18.2 Å². The van der Waals surface area contributed by atoms with E-state index in [4.69, 9.17) is 4.74 Å². The van der Waals surface area contributed by atoms with Crippen LogP contribution in [0.4, 0.5) is 11.4 Å². The molecule has 7 nitrogen and oxygen atoms in total. The van der Waals surface area contributed by atoms with Gasteiger partial charge in [0.2, 0.25) is 18.3 Å². The maximum absolute atomic E-state index is 13.4. The van der Waals surface area contributed by atoms with E-state index in [1.165, 1.54) is 11.0 Å². The van der Waals surface area contributed by atoms with Gasteiger partial charge in [-0.05, 0) is 43.3 Å². The maximum atomic E-state index is 13.4. The second-order valence-corrected chi connectivity index (χ2v) is 6.86. The molecule has 2 N–H and O–H groups in total. The Morgan fingerprint density at radius 1 is 1.13 bits per heavy atom. The van der Waals surface area contributed by atoms with Crippen LogP contribution in [0.25, 0.3) is 0 Å². The topological polar surface area (TPSA) is 82.8 Å². The van der Waals surface area contributed by atoms with Crippen LogP contribution < -0.4 is 43.5 Å². The van der Waals surface area contributed by atoms with E-state index in [9.17, 15) is 14.7 Å². The average Bonchev–Trinajstić information content (AvgIpc) is 2.75. The molecule has 1 aromatic heterocycles. The number of carbonyl (C=O) groups excluding carboxylic acids is 2. The largest absolute Gasteiger partial charge is 1.00 e. The molecule has 3 aromatic rings. The van der Waals surface area contributed by atoms with Gasteiger partial charge in [-0.3, -0.25) is 14.5 Å². The monoisotopic (exact) mass is 531 g/mol. The van der Waals surface area contributed by atoms with E-state index < -0.39 is 6.04 Å². The molecule has 2 aromatic carbocycles. The molecule has 0 saturated heterocycles. The van der Waals surface area contributed by atoms with E-state index in [-0.39, 0.29) is 48.1 Å². The number of aromatic nitrogens is 1. The number of benzene rings is 2. The number of fused-ring (bicyclic) bond motifs is 1. The first-order valence-corrected chi connectivity index (χ1v) is 9.70. The molecule has 2 amide bonds. The lowest BCUT2D eigenvalue weighted by atomic mass is 10.0. The van der Waals surface area contributed by atoms with Crippen molar-refractivity contribution in [2.24, 2.45) is 0 Å². The molecular formula is C23H22IN3O4. The fourth-order valence-corrected chi connectivity index (χ4v) is 3.58. The van der Waals surface area contributed by atoms with E-state index in [1.54, 1.807) is 53.2 Å². The summed E-state index contributed by atoms with van der Waals surface area (Å²) in [6, 6.07) is 18.1. The molecule has 0 fully saturated rings. The number of carbonyl (C=O) groups is 2. The quantitative estimate of drug-likeness (QED) is 0.354. The number of pyridine rings is 1. The number of nitrogens with zero attached hydrogens (tertiary/aromatic N) is 2. The van der Waals surface area contributed by atoms with Crippen LogP contribution >= 0.6 is 0 Å². The molecule has 0 aliphatic carbocycles. The summed E-state index contributed by atoms with van der Waals surface area (Å²) in [5, 5.41) is 13.2. The van der Waals surface area contributed by atoms with Crippen molar-refractivity contribution in [3.8, 4) is 11.5 Å². The standard InChI is InChI=1S/C23H21N3O4.HI/c1-2-30-17-12-10-16(11-13-17)24-23(29)22-19-8-5-6-14-25(19)15-21(28)26(22)18-7-3-4-9-20(18)27;/h3-14,22H,2,15H2,1H3,(H-,24,27,29);1H. The Balaban J connectivity index is 0.00000272. The minimum absolute atomic E-state index is 0. The summed E-state index contributed by atoms with van der Waals surface area (Å²) in [6.07, 6.45) is 1.77. The zero-order chi connectivity index (χ0) is 21.1. The number of hydrogen-bond acceptors (Lipinski definition) is 4. The number of phenolic OH excluding ortho intramolecular Hbond substituents is 1. The Labute approximate surface area is 197 Å².